The van der Waals surface area contributed by atoms with Gasteiger partial charge in [0.15, 0.2) is 5.16 Å². The third kappa shape index (κ3) is 4.89. The lowest BCUT2D eigenvalue weighted by molar-refractivity contribution is -0.113. The Morgan fingerprint density at radius 2 is 1.73 bits per heavy atom. The predicted octanol–water partition coefficient (Wildman–Crippen LogP) is 6.69. The fraction of sp³-hybridized carbons (Fsp3) is 0.125. The van der Waals surface area contributed by atoms with Crippen LogP contribution in [0.4, 0.5) is 5.69 Å². The maximum atomic E-state index is 13.3. The first-order valence-electron chi connectivity index (χ1n) is 9.92. The molecule has 1 N–H and O–H groups in total. The van der Waals surface area contributed by atoms with Crippen molar-refractivity contribution in [3.63, 3.8) is 0 Å². The number of thioether (sulfide) groups is 1. The summed E-state index contributed by atoms with van der Waals surface area (Å²) in [7, 11) is 0. The summed E-state index contributed by atoms with van der Waals surface area (Å²) in [5, 5.41) is 4.86. The molecule has 33 heavy (non-hydrogen) atoms. The van der Waals surface area contributed by atoms with Gasteiger partial charge in [-0.2, -0.15) is 0 Å². The molecule has 0 aliphatic rings. The van der Waals surface area contributed by atoms with Crippen molar-refractivity contribution >= 4 is 69.1 Å². The van der Waals surface area contributed by atoms with Crippen LogP contribution in [-0.4, -0.2) is 21.2 Å². The number of carbonyl (C=O) groups excluding carboxylic acids is 1. The Morgan fingerprint density at radius 1 is 1.00 bits per heavy atom. The number of benzene rings is 3. The van der Waals surface area contributed by atoms with E-state index in [9.17, 15) is 9.59 Å². The van der Waals surface area contributed by atoms with E-state index in [-0.39, 0.29) is 17.2 Å². The average Bonchev–Trinajstić information content (AvgIpc) is 2.80. The Morgan fingerprint density at radius 3 is 2.48 bits per heavy atom. The lowest BCUT2D eigenvalue weighted by Gasteiger charge is -2.15. The minimum Gasteiger partial charge on any atom is -0.323 e. The molecule has 0 spiro atoms. The molecule has 0 bridgehead atoms. The monoisotopic (exact) mass is 517 g/mol. The third-order valence-electron chi connectivity index (χ3n) is 5.04. The number of aryl methyl sites for hydroxylation is 2. The van der Waals surface area contributed by atoms with Gasteiger partial charge in [-0.05, 0) is 55.3 Å². The summed E-state index contributed by atoms with van der Waals surface area (Å²) in [6, 6.07) is 15.9. The van der Waals surface area contributed by atoms with E-state index in [1.807, 2.05) is 26.0 Å². The van der Waals surface area contributed by atoms with Gasteiger partial charge in [0.05, 0.1) is 38.1 Å². The maximum absolute atomic E-state index is 13.3. The molecule has 0 saturated heterocycles. The number of para-hydroxylation sites is 1. The molecule has 0 aliphatic heterocycles. The van der Waals surface area contributed by atoms with Crippen LogP contribution in [0.15, 0.2) is 64.5 Å². The van der Waals surface area contributed by atoms with Crippen LogP contribution in [-0.2, 0) is 4.79 Å². The number of nitrogens with one attached hydrogen (secondary N) is 1. The minimum atomic E-state index is -0.328. The van der Waals surface area contributed by atoms with E-state index in [0.29, 0.717) is 42.5 Å². The van der Waals surface area contributed by atoms with Crippen LogP contribution in [0.3, 0.4) is 0 Å². The van der Waals surface area contributed by atoms with Crippen molar-refractivity contribution in [2.24, 2.45) is 0 Å². The molecular weight excluding hydrogens is 501 g/mol. The van der Waals surface area contributed by atoms with Crippen molar-refractivity contribution < 1.29 is 4.79 Å². The van der Waals surface area contributed by atoms with E-state index in [4.69, 9.17) is 34.8 Å². The highest BCUT2D eigenvalue weighted by atomic mass is 35.5. The van der Waals surface area contributed by atoms with Gasteiger partial charge in [0.2, 0.25) is 5.91 Å². The number of rotatable bonds is 5. The third-order valence-corrected chi connectivity index (χ3v) is 7.19. The Balaban J connectivity index is 1.70. The van der Waals surface area contributed by atoms with Crippen LogP contribution in [0, 0.1) is 13.8 Å². The number of halogens is 3. The zero-order chi connectivity index (χ0) is 23.7. The van der Waals surface area contributed by atoms with Gasteiger partial charge in [-0.25, -0.2) is 4.98 Å². The summed E-state index contributed by atoms with van der Waals surface area (Å²) in [5.41, 5.74) is 2.92. The molecule has 0 radical (unpaired) electrons. The standard InChI is InChI=1S/C24H18Cl3N3O2S/c1-13-7-9-15(11-18(13)26)30-23(32)16-5-3-4-6-19(16)28-24(30)33-12-20(31)29-22-17(25)10-8-14(2)21(22)27/h3-11H,12H2,1-2H3,(H,29,31). The van der Waals surface area contributed by atoms with E-state index in [1.165, 1.54) is 4.57 Å². The SMILES string of the molecule is Cc1ccc(-n2c(SCC(=O)Nc3c(Cl)ccc(C)c3Cl)nc3ccccc3c2=O)cc1Cl. The van der Waals surface area contributed by atoms with Crippen LogP contribution in [0.1, 0.15) is 11.1 Å². The largest absolute Gasteiger partial charge is 0.323 e. The summed E-state index contributed by atoms with van der Waals surface area (Å²) in [4.78, 5) is 30.7. The molecule has 4 rings (SSSR count). The van der Waals surface area contributed by atoms with Crippen LogP contribution in [0.25, 0.3) is 16.6 Å². The number of anilines is 1. The van der Waals surface area contributed by atoms with Crippen molar-refractivity contribution in [1.29, 1.82) is 0 Å². The van der Waals surface area contributed by atoms with E-state index < -0.39 is 0 Å². The second kappa shape index (κ2) is 9.77. The van der Waals surface area contributed by atoms with Crippen LogP contribution in [0.5, 0.6) is 0 Å². The fourth-order valence-electron chi connectivity index (χ4n) is 3.23. The number of aromatic nitrogens is 2. The Hall–Kier alpha value is -2.51. The molecule has 1 amide bonds. The molecule has 3 aromatic carbocycles. The van der Waals surface area contributed by atoms with Crippen LogP contribution < -0.4 is 10.9 Å². The molecule has 168 valence electrons. The van der Waals surface area contributed by atoms with Crippen LogP contribution in [0.2, 0.25) is 15.1 Å². The van der Waals surface area contributed by atoms with Crippen molar-refractivity contribution in [2.45, 2.75) is 19.0 Å². The van der Waals surface area contributed by atoms with E-state index in [1.54, 1.807) is 42.5 Å². The van der Waals surface area contributed by atoms with Gasteiger partial charge in [-0.15, -0.1) is 0 Å². The Labute approximate surface area is 209 Å². The maximum Gasteiger partial charge on any atom is 0.266 e. The number of amides is 1. The quantitative estimate of drug-likeness (QED) is 0.236. The molecule has 4 aromatic rings. The number of fused-ring (bicyclic) bond motifs is 1. The first-order valence-corrected chi connectivity index (χ1v) is 12.0. The minimum absolute atomic E-state index is 0.00895. The van der Waals surface area contributed by atoms with Gasteiger partial charge < -0.3 is 5.32 Å². The second-order valence-electron chi connectivity index (χ2n) is 7.38. The molecule has 0 fully saturated rings. The molecule has 0 saturated carbocycles. The predicted molar refractivity (Wildman–Crippen MR) is 138 cm³/mol. The average molecular weight is 519 g/mol. The Bertz CT molecular complexity index is 1450. The summed E-state index contributed by atoms with van der Waals surface area (Å²) < 4.78 is 1.47. The summed E-state index contributed by atoms with van der Waals surface area (Å²) in [5.74, 6) is -0.337. The van der Waals surface area contributed by atoms with Crippen LogP contribution >= 0.6 is 46.6 Å². The van der Waals surface area contributed by atoms with E-state index in [0.717, 1.165) is 22.9 Å². The summed E-state index contributed by atoms with van der Waals surface area (Å²) in [6.07, 6.45) is 0. The first kappa shape index (κ1) is 23.6. The highest BCUT2D eigenvalue weighted by Gasteiger charge is 2.17. The van der Waals surface area contributed by atoms with E-state index in [2.05, 4.69) is 10.3 Å². The van der Waals surface area contributed by atoms with Crippen molar-refractivity contribution in [1.82, 2.24) is 9.55 Å². The molecule has 0 unspecified atom stereocenters. The molecule has 5 nitrogen and oxygen atoms in total. The molecule has 0 atom stereocenters. The number of carbonyl (C=O) groups is 1. The van der Waals surface area contributed by atoms with Gasteiger partial charge in [0.1, 0.15) is 0 Å². The molecule has 9 heteroatoms. The number of hydrogen-bond acceptors (Lipinski definition) is 4. The number of hydrogen-bond donors (Lipinski definition) is 1. The van der Waals surface area contributed by atoms with E-state index >= 15 is 0 Å². The summed E-state index contributed by atoms with van der Waals surface area (Å²) >= 11 is 20.0. The smallest absolute Gasteiger partial charge is 0.266 e. The highest BCUT2D eigenvalue weighted by molar-refractivity contribution is 7.99. The normalized spacial score (nSPS) is 11.1. The second-order valence-corrected chi connectivity index (χ2v) is 9.51. The van der Waals surface area contributed by atoms with Gasteiger partial charge in [-0.3, -0.25) is 14.2 Å². The van der Waals surface area contributed by atoms with Gasteiger partial charge in [-0.1, -0.05) is 70.8 Å². The lowest BCUT2D eigenvalue weighted by Crippen LogP contribution is -2.23. The first-order chi connectivity index (χ1) is 15.8. The Kier molecular flexibility index (Phi) is 7.00. The zero-order valence-corrected chi connectivity index (χ0v) is 20.7. The molecule has 1 aromatic heterocycles. The van der Waals surface area contributed by atoms with Crippen molar-refractivity contribution in [3.05, 3.63) is 91.1 Å². The number of nitrogens with zero attached hydrogens (tertiary/aromatic N) is 2. The summed E-state index contributed by atoms with van der Waals surface area (Å²) in [6.45, 7) is 3.71. The topological polar surface area (TPSA) is 64.0 Å². The van der Waals surface area contributed by atoms with Gasteiger partial charge >= 0.3 is 0 Å². The van der Waals surface area contributed by atoms with Crippen molar-refractivity contribution in [3.8, 4) is 5.69 Å². The van der Waals surface area contributed by atoms with Gasteiger partial charge in [0, 0.05) is 5.02 Å². The molecule has 1 heterocycles. The zero-order valence-electron chi connectivity index (χ0n) is 17.7. The van der Waals surface area contributed by atoms with Gasteiger partial charge in [0.25, 0.3) is 5.56 Å². The fourth-order valence-corrected chi connectivity index (χ4v) is 4.69. The highest BCUT2D eigenvalue weighted by Crippen LogP contribution is 2.33. The molecular formula is C24H18Cl3N3O2S. The van der Waals surface area contributed by atoms with Crippen molar-refractivity contribution in [2.75, 3.05) is 11.1 Å². The molecule has 0 aliphatic carbocycles. The lowest BCUT2D eigenvalue weighted by atomic mass is 10.2.